The number of thioether (sulfide) groups is 1. The zero-order valence-corrected chi connectivity index (χ0v) is 14.5. The van der Waals surface area contributed by atoms with Gasteiger partial charge in [0.05, 0.1) is 11.8 Å². The molecule has 1 N–H and O–H groups in total. The summed E-state index contributed by atoms with van der Waals surface area (Å²) >= 11 is 1.32. The lowest BCUT2D eigenvalue weighted by Crippen LogP contribution is -2.47. The average molecular weight is 341 g/mol. The van der Waals surface area contributed by atoms with Gasteiger partial charge in [-0.15, -0.1) is 10.2 Å². The standard InChI is InChI=1S/C17H19N5OS/c1-12-20-21-16(22(12)14-6-4-3-5-7-14)24-10-15(23)19-17(2,11-18)13-8-9-13/h3-7,13H,8-10H2,1-2H3,(H,19,23). The van der Waals surface area contributed by atoms with Gasteiger partial charge in [0.15, 0.2) is 5.16 Å². The molecule has 124 valence electrons. The van der Waals surface area contributed by atoms with Crippen LogP contribution in [0.1, 0.15) is 25.6 Å². The van der Waals surface area contributed by atoms with Crippen LogP contribution in [0.5, 0.6) is 0 Å². The zero-order valence-electron chi connectivity index (χ0n) is 13.7. The Labute approximate surface area is 145 Å². The number of aromatic nitrogens is 3. The predicted octanol–water partition coefficient (Wildman–Crippen LogP) is 2.48. The Bertz CT molecular complexity index is 778. The lowest BCUT2D eigenvalue weighted by atomic mass is 9.98. The maximum atomic E-state index is 12.2. The molecule has 1 atom stereocenters. The number of para-hydroxylation sites is 1. The first kappa shape index (κ1) is 16.5. The Kier molecular flexibility index (Phi) is 4.58. The van der Waals surface area contributed by atoms with Crippen molar-refractivity contribution in [2.75, 3.05) is 5.75 Å². The molecule has 6 nitrogen and oxygen atoms in total. The fourth-order valence-corrected chi connectivity index (χ4v) is 3.45. The first-order valence-corrected chi connectivity index (χ1v) is 8.84. The van der Waals surface area contributed by atoms with Crippen LogP contribution in [0.25, 0.3) is 5.69 Å². The number of nitriles is 1. The SMILES string of the molecule is Cc1nnc(SCC(=O)NC(C)(C#N)C2CC2)n1-c1ccccc1. The summed E-state index contributed by atoms with van der Waals surface area (Å²) < 4.78 is 1.92. The van der Waals surface area contributed by atoms with Crippen molar-refractivity contribution in [3.05, 3.63) is 36.2 Å². The molecule has 1 aliphatic carbocycles. The highest BCUT2D eigenvalue weighted by Crippen LogP contribution is 2.39. The highest BCUT2D eigenvalue weighted by atomic mass is 32.2. The molecule has 1 amide bonds. The summed E-state index contributed by atoms with van der Waals surface area (Å²) in [5.41, 5.74) is 0.198. The second kappa shape index (κ2) is 6.65. The molecule has 1 aromatic heterocycles. The van der Waals surface area contributed by atoms with Gasteiger partial charge in [-0.1, -0.05) is 30.0 Å². The number of benzene rings is 1. The van der Waals surface area contributed by atoms with E-state index in [0.29, 0.717) is 5.16 Å². The van der Waals surface area contributed by atoms with Crippen LogP contribution in [0.4, 0.5) is 0 Å². The van der Waals surface area contributed by atoms with E-state index in [1.165, 1.54) is 11.8 Å². The maximum Gasteiger partial charge on any atom is 0.231 e. The molecule has 7 heteroatoms. The van der Waals surface area contributed by atoms with Crippen molar-refractivity contribution in [1.82, 2.24) is 20.1 Å². The van der Waals surface area contributed by atoms with Gasteiger partial charge >= 0.3 is 0 Å². The average Bonchev–Trinajstić information content (AvgIpc) is 3.38. The summed E-state index contributed by atoms with van der Waals surface area (Å²) in [5, 5.41) is 21.1. The molecule has 3 rings (SSSR count). The minimum atomic E-state index is -0.763. The molecule has 0 aliphatic heterocycles. The van der Waals surface area contributed by atoms with E-state index in [-0.39, 0.29) is 17.6 Å². The number of amides is 1. The fraction of sp³-hybridized carbons (Fsp3) is 0.412. The largest absolute Gasteiger partial charge is 0.337 e. The van der Waals surface area contributed by atoms with Gasteiger partial charge in [-0.2, -0.15) is 5.26 Å². The summed E-state index contributed by atoms with van der Waals surface area (Å²) in [7, 11) is 0. The molecular weight excluding hydrogens is 322 g/mol. The Hall–Kier alpha value is -2.33. The van der Waals surface area contributed by atoms with E-state index in [9.17, 15) is 10.1 Å². The number of nitrogens with zero attached hydrogens (tertiary/aromatic N) is 4. The highest BCUT2D eigenvalue weighted by Gasteiger charge is 2.42. The molecule has 0 radical (unpaired) electrons. The Morgan fingerprint density at radius 1 is 1.42 bits per heavy atom. The minimum absolute atomic E-state index is 0.156. The Morgan fingerprint density at radius 2 is 2.12 bits per heavy atom. The number of hydrogen-bond donors (Lipinski definition) is 1. The van der Waals surface area contributed by atoms with E-state index in [1.807, 2.05) is 41.8 Å². The second-order valence-electron chi connectivity index (χ2n) is 6.13. The Morgan fingerprint density at radius 3 is 2.75 bits per heavy atom. The molecule has 1 fully saturated rings. The summed E-state index contributed by atoms with van der Waals surface area (Å²) in [6, 6.07) is 12.0. The summed E-state index contributed by atoms with van der Waals surface area (Å²) in [6.45, 7) is 3.67. The van der Waals surface area contributed by atoms with E-state index in [1.54, 1.807) is 6.92 Å². The van der Waals surface area contributed by atoms with Gasteiger partial charge in [0, 0.05) is 5.69 Å². The van der Waals surface area contributed by atoms with Crippen molar-refractivity contribution >= 4 is 17.7 Å². The first-order chi connectivity index (χ1) is 11.5. The van der Waals surface area contributed by atoms with Gasteiger partial charge < -0.3 is 5.32 Å². The predicted molar refractivity (Wildman–Crippen MR) is 91.7 cm³/mol. The van der Waals surface area contributed by atoms with Crippen LogP contribution in [-0.4, -0.2) is 32.0 Å². The molecule has 1 saturated carbocycles. The van der Waals surface area contributed by atoms with Crippen molar-refractivity contribution in [2.45, 2.75) is 37.4 Å². The van der Waals surface area contributed by atoms with E-state index in [4.69, 9.17) is 0 Å². The molecule has 0 bridgehead atoms. The highest BCUT2D eigenvalue weighted by molar-refractivity contribution is 7.99. The number of carbonyl (C=O) groups excluding carboxylic acids is 1. The molecule has 1 unspecified atom stereocenters. The van der Waals surface area contributed by atoms with Gasteiger partial charge in [-0.3, -0.25) is 9.36 Å². The van der Waals surface area contributed by atoms with Gasteiger partial charge in [-0.05, 0) is 44.7 Å². The topological polar surface area (TPSA) is 83.6 Å². The number of hydrogen-bond acceptors (Lipinski definition) is 5. The van der Waals surface area contributed by atoms with Crippen molar-refractivity contribution in [3.63, 3.8) is 0 Å². The van der Waals surface area contributed by atoms with Gasteiger partial charge in [0.1, 0.15) is 11.4 Å². The van der Waals surface area contributed by atoms with Crippen LogP contribution in [0, 0.1) is 24.2 Å². The molecule has 1 heterocycles. The van der Waals surface area contributed by atoms with Crippen LogP contribution in [-0.2, 0) is 4.79 Å². The quantitative estimate of drug-likeness (QED) is 0.816. The van der Waals surface area contributed by atoms with Gasteiger partial charge in [-0.25, -0.2) is 0 Å². The number of carbonyl (C=O) groups is 1. The molecule has 0 spiro atoms. The smallest absolute Gasteiger partial charge is 0.231 e. The van der Waals surface area contributed by atoms with Crippen molar-refractivity contribution < 1.29 is 4.79 Å². The molecular formula is C17H19N5OS. The van der Waals surface area contributed by atoms with Crippen molar-refractivity contribution in [2.24, 2.45) is 5.92 Å². The molecule has 2 aromatic rings. The third-order valence-corrected chi connectivity index (χ3v) is 5.10. The lowest BCUT2D eigenvalue weighted by molar-refractivity contribution is -0.119. The van der Waals surface area contributed by atoms with Gasteiger partial charge in [0.2, 0.25) is 5.91 Å². The second-order valence-corrected chi connectivity index (χ2v) is 7.07. The van der Waals surface area contributed by atoms with E-state index >= 15 is 0 Å². The number of rotatable bonds is 6. The Balaban J connectivity index is 1.67. The van der Waals surface area contributed by atoms with Crippen LogP contribution in [0.15, 0.2) is 35.5 Å². The van der Waals surface area contributed by atoms with Crippen molar-refractivity contribution in [1.29, 1.82) is 5.26 Å². The van der Waals surface area contributed by atoms with Crippen LogP contribution >= 0.6 is 11.8 Å². The van der Waals surface area contributed by atoms with E-state index < -0.39 is 5.54 Å². The number of nitrogens with one attached hydrogen (secondary N) is 1. The maximum absolute atomic E-state index is 12.2. The monoisotopic (exact) mass is 341 g/mol. The van der Waals surface area contributed by atoms with E-state index in [0.717, 1.165) is 24.4 Å². The number of aryl methyl sites for hydroxylation is 1. The van der Waals surface area contributed by atoms with Crippen LogP contribution in [0.3, 0.4) is 0 Å². The zero-order chi connectivity index (χ0) is 17.2. The summed E-state index contributed by atoms with van der Waals surface area (Å²) in [4.78, 5) is 12.2. The molecule has 0 saturated heterocycles. The van der Waals surface area contributed by atoms with Crippen LogP contribution in [0.2, 0.25) is 0 Å². The van der Waals surface area contributed by atoms with E-state index in [2.05, 4.69) is 21.6 Å². The normalized spacial score (nSPS) is 16.2. The van der Waals surface area contributed by atoms with Crippen LogP contribution < -0.4 is 5.32 Å². The fourth-order valence-electron chi connectivity index (χ4n) is 2.65. The third kappa shape index (κ3) is 3.44. The van der Waals surface area contributed by atoms with Crippen molar-refractivity contribution in [3.8, 4) is 11.8 Å². The summed E-state index contributed by atoms with van der Waals surface area (Å²) in [6.07, 6.45) is 2.00. The third-order valence-electron chi connectivity index (χ3n) is 4.17. The summed E-state index contributed by atoms with van der Waals surface area (Å²) in [5.74, 6) is 1.08. The van der Waals surface area contributed by atoms with Gasteiger partial charge in [0.25, 0.3) is 0 Å². The first-order valence-electron chi connectivity index (χ1n) is 7.86. The molecule has 1 aromatic carbocycles. The minimum Gasteiger partial charge on any atom is -0.337 e. The lowest BCUT2D eigenvalue weighted by Gasteiger charge is -2.22. The molecule has 1 aliphatic rings. The molecule has 24 heavy (non-hydrogen) atoms.